The quantitative estimate of drug-likeness (QED) is 0.802. The SMILES string of the molecule is C#CCN(CC)c1cc(CNC(C)C)c(Cl)cn1. The molecular formula is C14H20ClN3. The van der Waals surface area contributed by atoms with Gasteiger partial charge in [-0.1, -0.05) is 31.4 Å². The number of hydrogen-bond acceptors (Lipinski definition) is 3. The molecule has 4 heteroatoms. The maximum atomic E-state index is 6.14. The van der Waals surface area contributed by atoms with Crippen LogP contribution < -0.4 is 10.2 Å². The van der Waals surface area contributed by atoms with Gasteiger partial charge in [0.2, 0.25) is 0 Å². The number of halogens is 1. The highest BCUT2D eigenvalue weighted by Crippen LogP contribution is 2.20. The lowest BCUT2D eigenvalue weighted by Gasteiger charge is -2.20. The van der Waals surface area contributed by atoms with Crippen molar-refractivity contribution in [1.29, 1.82) is 0 Å². The van der Waals surface area contributed by atoms with Crippen LogP contribution in [0.5, 0.6) is 0 Å². The zero-order chi connectivity index (χ0) is 13.5. The molecule has 0 aliphatic rings. The van der Waals surface area contributed by atoms with Crippen molar-refractivity contribution < 1.29 is 0 Å². The van der Waals surface area contributed by atoms with Crippen LogP contribution in [-0.2, 0) is 6.54 Å². The van der Waals surface area contributed by atoms with E-state index in [1.807, 2.05) is 11.0 Å². The van der Waals surface area contributed by atoms with Crippen molar-refractivity contribution in [3.05, 3.63) is 22.8 Å². The summed E-state index contributed by atoms with van der Waals surface area (Å²) in [5, 5.41) is 4.03. The number of terminal acetylenes is 1. The second-order valence-corrected chi connectivity index (χ2v) is 4.80. The molecule has 0 saturated carbocycles. The summed E-state index contributed by atoms with van der Waals surface area (Å²) in [5.74, 6) is 3.51. The monoisotopic (exact) mass is 265 g/mol. The summed E-state index contributed by atoms with van der Waals surface area (Å²) in [4.78, 5) is 6.36. The van der Waals surface area contributed by atoms with Crippen LogP contribution in [0.25, 0.3) is 0 Å². The minimum absolute atomic E-state index is 0.422. The Labute approximate surface area is 115 Å². The molecule has 0 amide bonds. The molecule has 0 bridgehead atoms. The van der Waals surface area contributed by atoms with E-state index >= 15 is 0 Å². The summed E-state index contributed by atoms with van der Waals surface area (Å²) >= 11 is 6.14. The molecule has 1 rings (SSSR count). The Balaban J connectivity index is 2.88. The summed E-state index contributed by atoms with van der Waals surface area (Å²) in [7, 11) is 0. The molecule has 0 aromatic carbocycles. The van der Waals surface area contributed by atoms with Gasteiger partial charge in [-0.2, -0.15) is 0 Å². The number of rotatable bonds is 6. The average Bonchev–Trinajstić information content (AvgIpc) is 2.35. The van der Waals surface area contributed by atoms with Crippen LogP contribution in [0.2, 0.25) is 5.02 Å². The Hall–Kier alpha value is -1.24. The Bertz CT molecular complexity index is 424. The number of nitrogens with one attached hydrogen (secondary N) is 1. The molecule has 1 aromatic rings. The topological polar surface area (TPSA) is 28.2 Å². The first-order chi connectivity index (χ1) is 8.58. The van der Waals surface area contributed by atoms with Crippen molar-refractivity contribution in [3.63, 3.8) is 0 Å². The van der Waals surface area contributed by atoms with Crippen LogP contribution in [0, 0.1) is 12.3 Å². The average molecular weight is 266 g/mol. The highest BCUT2D eigenvalue weighted by Gasteiger charge is 2.08. The lowest BCUT2D eigenvalue weighted by molar-refractivity contribution is 0.588. The zero-order valence-corrected chi connectivity index (χ0v) is 12.0. The minimum atomic E-state index is 0.422. The lowest BCUT2D eigenvalue weighted by Crippen LogP contribution is -2.25. The molecule has 3 nitrogen and oxygen atoms in total. The predicted octanol–water partition coefficient (Wildman–Crippen LogP) is 2.69. The van der Waals surface area contributed by atoms with Gasteiger partial charge in [-0.25, -0.2) is 4.98 Å². The van der Waals surface area contributed by atoms with Gasteiger partial charge in [-0.05, 0) is 18.6 Å². The fraction of sp³-hybridized carbons (Fsp3) is 0.500. The van der Waals surface area contributed by atoms with Crippen molar-refractivity contribution in [3.8, 4) is 12.3 Å². The van der Waals surface area contributed by atoms with E-state index < -0.39 is 0 Å². The number of hydrogen-bond donors (Lipinski definition) is 1. The molecule has 98 valence electrons. The van der Waals surface area contributed by atoms with Crippen LogP contribution >= 0.6 is 11.6 Å². The summed E-state index contributed by atoms with van der Waals surface area (Å²) in [6.07, 6.45) is 7.04. The smallest absolute Gasteiger partial charge is 0.129 e. The van der Waals surface area contributed by atoms with Crippen LogP contribution in [0.4, 0.5) is 5.82 Å². The largest absolute Gasteiger partial charge is 0.346 e. The molecule has 1 heterocycles. The van der Waals surface area contributed by atoms with Gasteiger partial charge in [0.05, 0.1) is 11.6 Å². The van der Waals surface area contributed by atoms with Crippen molar-refractivity contribution in [1.82, 2.24) is 10.3 Å². The lowest BCUT2D eigenvalue weighted by atomic mass is 10.2. The highest BCUT2D eigenvalue weighted by atomic mass is 35.5. The van der Waals surface area contributed by atoms with Gasteiger partial charge in [0.15, 0.2) is 0 Å². The Morgan fingerprint density at radius 3 is 2.83 bits per heavy atom. The molecule has 1 aromatic heterocycles. The molecule has 0 fully saturated rings. The van der Waals surface area contributed by atoms with Crippen LogP contribution in [-0.4, -0.2) is 24.1 Å². The fourth-order valence-corrected chi connectivity index (χ4v) is 1.73. The summed E-state index contributed by atoms with van der Waals surface area (Å²) < 4.78 is 0. The number of aromatic nitrogens is 1. The molecule has 0 unspecified atom stereocenters. The van der Waals surface area contributed by atoms with Gasteiger partial charge < -0.3 is 10.2 Å². The van der Waals surface area contributed by atoms with Crippen LogP contribution in [0.1, 0.15) is 26.3 Å². The molecule has 0 aliphatic heterocycles. The first-order valence-electron chi connectivity index (χ1n) is 6.14. The summed E-state index contributed by atoms with van der Waals surface area (Å²) in [6, 6.07) is 2.42. The van der Waals surface area contributed by atoms with Gasteiger partial charge in [-0.15, -0.1) is 6.42 Å². The van der Waals surface area contributed by atoms with Crippen LogP contribution in [0.15, 0.2) is 12.3 Å². The number of pyridine rings is 1. The standard InChI is InChI=1S/C14H20ClN3/c1-5-7-18(6-2)14-8-12(9-16-11(3)4)13(15)10-17-14/h1,8,10-11,16H,6-7,9H2,2-4H3. The van der Waals surface area contributed by atoms with Gasteiger partial charge in [0.25, 0.3) is 0 Å². The van der Waals surface area contributed by atoms with Gasteiger partial charge in [-0.3, -0.25) is 0 Å². The van der Waals surface area contributed by atoms with E-state index in [0.717, 1.165) is 24.5 Å². The van der Waals surface area contributed by atoms with Crippen molar-refractivity contribution in [2.45, 2.75) is 33.4 Å². The third-order valence-electron chi connectivity index (χ3n) is 2.61. The molecule has 0 radical (unpaired) electrons. The third-order valence-corrected chi connectivity index (χ3v) is 2.95. The zero-order valence-electron chi connectivity index (χ0n) is 11.2. The van der Waals surface area contributed by atoms with E-state index in [2.05, 4.69) is 37.0 Å². The Morgan fingerprint density at radius 2 is 2.28 bits per heavy atom. The summed E-state index contributed by atoms with van der Waals surface area (Å²) in [6.45, 7) is 8.39. The summed E-state index contributed by atoms with van der Waals surface area (Å²) in [5.41, 5.74) is 1.05. The molecule has 18 heavy (non-hydrogen) atoms. The second kappa shape index (κ2) is 7.25. The number of anilines is 1. The maximum Gasteiger partial charge on any atom is 0.129 e. The molecule has 0 saturated heterocycles. The minimum Gasteiger partial charge on any atom is -0.346 e. The third kappa shape index (κ3) is 4.21. The first-order valence-corrected chi connectivity index (χ1v) is 6.52. The maximum absolute atomic E-state index is 6.14. The highest BCUT2D eigenvalue weighted by molar-refractivity contribution is 6.31. The Morgan fingerprint density at radius 1 is 1.56 bits per heavy atom. The molecule has 0 spiro atoms. The molecule has 0 atom stereocenters. The van der Waals surface area contributed by atoms with Crippen molar-refractivity contribution >= 4 is 17.4 Å². The fourth-order valence-electron chi connectivity index (χ4n) is 1.56. The molecule has 0 aliphatic carbocycles. The van der Waals surface area contributed by atoms with Crippen LogP contribution in [0.3, 0.4) is 0 Å². The first kappa shape index (κ1) is 14.8. The van der Waals surface area contributed by atoms with E-state index in [1.165, 1.54) is 0 Å². The molecular weight excluding hydrogens is 246 g/mol. The normalized spacial score (nSPS) is 10.4. The van der Waals surface area contributed by atoms with E-state index in [1.54, 1.807) is 6.20 Å². The molecule has 1 N–H and O–H groups in total. The van der Waals surface area contributed by atoms with Gasteiger partial charge >= 0.3 is 0 Å². The number of nitrogens with zero attached hydrogens (tertiary/aromatic N) is 2. The van der Waals surface area contributed by atoms with Gasteiger partial charge in [0.1, 0.15) is 5.82 Å². The van der Waals surface area contributed by atoms with E-state index in [-0.39, 0.29) is 0 Å². The van der Waals surface area contributed by atoms with E-state index in [4.69, 9.17) is 18.0 Å². The Kier molecular flexibility index (Phi) is 5.97. The van der Waals surface area contributed by atoms with Crippen molar-refractivity contribution in [2.24, 2.45) is 0 Å². The van der Waals surface area contributed by atoms with E-state index in [0.29, 0.717) is 17.6 Å². The van der Waals surface area contributed by atoms with Crippen molar-refractivity contribution in [2.75, 3.05) is 18.0 Å². The van der Waals surface area contributed by atoms with E-state index in [9.17, 15) is 0 Å². The second-order valence-electron chi connectivity index (χ2n) is 4.39. The van der Waals surface area contributed by atoms with Gasteiger partial charge in [0, 0.05) is 25.3 Å². The predicted molar refractivity (Wildman–Crippen MR) is 77.9 cm³/mol.